The van der Waals surface area contributed by atoms with Gasteiger partial charge in [0.1, 0.15) is 24.3 Å². The fourth-order valence-electron chi connectivity index (χ4n) is 4.10. The molecule has 1 fully saturated rings. The number of imidazole rings is 1. The van der Waals surface area contributed by atoms with Gasteiger partial charge in [0.05, 0.1) is 30.2 Å². The lowest BCUT2D eigenvalue weighted by Crippen LogP contribution is -2.34. The van der Waals surface area contributed by atoms with Crippen molar-refractivity contribution in [2.45, 2.75) is 38.2 Å². The molecular formula is C27H28Cl2N6O9. The van der Waals surface area contributed by atoms with Gasteiger partial charge in [-0.1, -0.05) is 43.1 Å². The summed E-state index contributed by atoms with van der Waals surface area (Å²) in [6.45, 7) is 5.22. The molecule has 44 heavy (non-hydrogen) atoms. The predicted octanol–water partition coefficient (Wildman–Crippen LogP) is 5.42. The standard InChI is InChI=1S/C27H26Cl2N4O3.2HNO3/c1-18(2)26-31-10-9-25(32-26)19-3-6-21(7-4-19)34-14-22-15-35-27(36-22,16-33-12-11-30-17-33)23-8-5-20(28)13-24(23)29;2*2-1(3)4/h3-13,17-18,22H,14-16H2,1-2H3;2*(H,2,3,4). The number of hydrogen-bond acceptors (Lipinski definition) is 10. The third-order valence-corrected chi connectivity index (χ3v) is 6.48. The first kappa shape index (κ1) is 33.9. The lowest BCUT2D eigenvalue weighted by molar-refractivity contribution is -0.742. The van der Waals surface area contributed by atoms with Gasteiger partial charge < -0.3 is 29.2 Å². The van der Waals surface area contributed by atoms with E-state index in [1.165, 1.54) is 0 Å². The first-order valence-corrected chi connectivity index (χ1v) is 13.6. The zero-order chi connectivity index (χ0) is 32.3. The zero-order valence-electron chi connectivity index (χ0n) is 23.4. The molecule has 2 aromatic heterocycles. The molecule has 0 spiro atoms. The molecule has 2 N–H and O–H groups in total. The van der Waals surface area contributed by atoms with Gasteiger partial charge in [0.25, 0.3) is 10.2 Å². The van der Waals surface area contributed by atoms with Crippen molar-refractivity contribution in [2.24, 2.45) is 0 Å². The molecule has 1 saturated heterocycles. The van der Waals surface area contributed by atoms with Crippen LogP contribution in [0.1, 0.15) is 31.2 Å². The van der Waals surface area contributed by atoms with Crippen molar-refractivity contribution < 1.29 is 34.8 Å². The Bertz CT molecular complexity index is 1510. The highest BCUT2D eigenvalue weighted by molar-refractivity contribution is 6.35. The number of aromatic nitrogens is 4. The largest absolute Gasteiger partial charge is 0.491 e. The average Bonchev–Trinajstić information content (AvgIpc) is 3.62. The van der Waals surface area contributed by atoms with E-state index >= 15 is 0 Å². The molecule has 0 bridgehead atoms. The Morgan fingerprint density at radius 2 is 1.77 bits per heavy atom. The predicted molar refractivity (Wildman–Crippen MR) is 156 cm³/mol. The molecule has 0 saturated carbocycles. The summed E-state index contributed by atoms with van der Waals surface area (Å²) in [4.78, 5) is 29.8. The normalized spacial score (nSPS) is 17.2. The SMILES string of the molecule is CC(C)c1nccc(-c2ccc(OCC3COC(Cn4ccnc4)(c4ccc(Cl)cc4Cl)O3)cc2)n1.O=[N+]([O-])O.O=[N+]([O-])O. The van der Waals surface area contributed by atoms with Gasteiger partial charge in [-0.25, -0.2) is 15.0 Å². The van der Waals surface area contributed by atoms with Gasteiger partial charge in [-0.2, -0.15) is 0 Å². The van der Waals surface area contributed by atoms with Gasteiger partial charge in [0, 0.05) is 40.7 Å². The Kier molecular flexibility index (Phi) is 12.2. The smallest absolute Gasteiger partial charge is 0.291 e. The Morgan fingerprint density at radius 3 is 2.36 bits per heavy atom. The second-order valence-corrected chi connectivity index (χ2v) is 10.3. The summed E-state index contributed by atoms with van der Waals surface area (Å²) in [5.41, 5.74) is 2.60. The third kappa shape index (κ3) is 10.0. The molecule has 1 aliphatic rings. The molecule has 3 heterocycles. The zero-order valence-corrected chi connectivity index (χ0v) is 24.9. The van der Waals surface area contributed by atoms with E-state index in [0.717, 1.165) is 22.8 Å². The van der Waals surface area contributed by atoms with Crippen LogP contribution in [0.25, 0.3) is 11.3 Å². The van der Waals surface area contributed by atoms with E-state index in [1.54, 1.807) is 30.9 Å². The summed E-state index contributed by atoms with van der Waals surface area (Å²) in [7, 11) is 0. The highest BCUT2D eigenvalue weighted by atomic mass is 35.5. The Morgan fingerprint density at radius 1 is 1.09 bits per heavy atom. The van der Waals surface area contributed by atoms with Crippen molar-refractivity contribution in [3.63, 3.8) is 0 Å². The van der Waals surface area contributed by atoms with E-state index < -0.39 is 16.0 Å². The first-order valence-electron chi connectivity index (χ1n) is 12.8. The summed E-state index contributed by atoms with van der Waals surface area (Å²) >= 11 is 12.7. The van der Waals surface area contributed by atoms with Gasteiger partial charge in [-0.05, 0) is 42.5 Å². The van der Waals surface area contributed by atoms with Crippen LogP contribution in [0, 0.1) is 20.2 Å². The van der Waals surface area contributed by atoms with E-state index in [9.17, 15) is 0 Å². The van der Waals surface area contributed by atoms with Crippen molar-refractivity contribution in [3.05, 3.63) is 115 Å². The van der Waals surface area contributed by atoms with Crippen LogP contribution in [-0.4, -0.2) is 59.4 Å². The molecule has 15 nitrogen and oxygen atoms in total. The molecular weight excluding hydrogens is 623 g/mol. The van der Waals surface area contributed by atoms with Gasteiger partial charge >= 0.3 is 0 Å². The number of halogens is 2. The third-order valence-electron chi connectivity index (χ3n) is 5.93. The summed E-state index contributed by atoms with van der Waals surface area (Å²) in [5, 5.41) is 28.3. The lowest BCUT2D eigenvalue weighted by Gasteiger charge is -2.30. The minimum absolute atomic E-state index is 0.268. The summed E-state index contributed by atoms with van der Waals surface area (Å²) in [5.74, 6) is 0.745. The molecule has 234 valence electrons. The van der Waals surface area contributed by atoms with E-state index in [-0.39, 0.29) is 12.0 Å². The van der Waals surface area contributed by atoms with Crippen molar-refractivity contribution in [3.8, 4) is 17.0 Å². The van der Waals surface area contributed by atoms with Crippen molar-refractivity contribution in [1.82, 2.24) is 19.5 Å². The quantitative estimate of drug-likeness (QED) is 0.181. The molecule has 0 amide bonds. The van der Waals surface area contributed by atoms with Crippen LogP contribution in [0.5, 0.6) is 5.75 Å². The van der Waals surface area contributed by atoms with Crippen LogP contribution in [0.3, 0.4) is 0 Å². The number of benzene rings is 2. The van der Waals surface area contributed by atoms with Crippen LogP contribution in [0.2, 0.25) is 10.0 Å². The van der Waals surface area contributed by atoms with Crippen molar-refractivity contribution in [2.75, 3.05) is 13.2 Å². The van der Waals surface area contributed by atoms with Crippen molar-refractivity contribution >= 4 is 23.2 Å². The fraction of sp³-hybridized carbons (Fsp3) is 0.296. The monoisotopic (exact) mass is 650 g/mol. The number of ether oxygens (including phenoxy) is 3. The molecule has 0 aliphatic carbocycles. The maximum atomic E-state index is 8.36. The molecule has 0 radical (unpaired) electrons. The molecule has 17 heteroatoms. The minimum Gasteiger partial charge on any atom is -0.491 e. The van der Waals surface area contributed by atoms with Crippen molar-refractivity contribution in [1.29, 1.82) is 0 Å². The van der Waals surface area contributed by atoms with Gasteiger partial charge in [0.15, 0.2) is 0 Å². The van der Waals surface area contributed by atoms with Crippen LogP contribution < -0.4 is 4.74 Å². The van der Waals surface area contributed by atoms with Crippen LogP contribution in [-0.2, 0) is 21.8 Å². The number of hydrogen-bond donors (Lipinski definition) is 2. The Hall–Kier alpha value is -4.57. The lowest BCUT2D eigenvalue weighted by atomic mass is 10.1. The van der Waals surface area contributed by atoms with Gasteiger partial charge in [-0.3, -0.25) is 0 Å². The van der Waals surface area contributed by atoms with Gasteiger partial charge in [0.2, 0.25) is 5.79 Å². The van der Waals surface area contributed by atoms with Crippen LogP contribution in [0.15, 0.2) is 73.4 Å². The summed E-state index contributed by atoms with van der Waals surface area (Å²) < 4.78 is 20.6. The Labute approximate surface area is 260 Å². The van der Waals surface area contributed by atoms with E-state index in [2.05, 4.69) is 28.8 Å². The summed E-state index contributed by atoms with van der Waals surface area (Å²) in [6, 6.07) is 15.0. The molecule has 1 aliphatic heterocycles. The van der Waals surface area contributed by atoms with Crippen LogP contribution >= 0.6 is 23.2 Å². The first-order chi connectivity index (χ1) is 20.9. The second-order valence-electron chi connectivity index (χ2n) is 9.43. The molecule has 2 unspecified atom stereocenters. The maximum Gasteiger partial charge on any atom is 0.291 e. The molecule has 2 atom stereocenters. The fourth-order valence-corrected chi connectivity index (χ4v) is 4.65. The summed E-state index contributed by atoms with van der Waals surface area (Å²) in [6.07, 6.45) is 6.77. The van der Waals surface area contributed by atoms with E-state index in [0.29, 0.717) is 35.4 Å². The second kappa shape index (κ2) is 15.8. The van der Waals surface area contributed by atoms with E-state index in [4.69, 9.17) is 68.1 Å². The number of rotatable bonds is 8. The average molecular weight is 651 g/mol. The minimum atomic E-state index is -1.50. The number of nitrogens with zero attached hydrogens (tertiary/aromatic N) is 6. The highest BCUT2D eigenvalue weighted by Crippen LogP contribution is 2.40. The highest BCUT2D eigenvalue weighted by Gasteiger charge is 2.45. The van der Waals surface area contributed by atoms with E-state index in [1.807, 2.05) is 47.2 Å². The molecule has 2 aromatic carbocycles. The Balaban J connectivity index is 0.000000592. The van der Waals surface area contributed by atoms with Crippen LogP contribution in [0.4, 0.5) is 0 Å². The maximum absolute atomic E-state index is 8.36. The topological polar surface area (TPSA) is 198 Å². The molecule has 5 rings (SSSR count). The molecule has 4 aromatic rings. The van der Waals surface area contributed by atoms with Gasteiger partial charge in [-0.15, -0.1) is 20.2 Å².